The third-order valence-corrected chi connectivity index (χ3v) is 5.15. The van der Waals surface area contributed by atoms with Crippen molar-refractivity contribution in [3.8, 4) is 0 Å². The van der Waals surface area contributed by atoms with Crippen LogP contribution in [0.1, 0.15) is 12.8 Å². The van der Waals surface area contributed by atoms with E-state index in [4.69, 9.17) is 9.47 Å². The molecule has 0 unspecified atom stereocenters. The van der Waals surface area contributed by atoms with Gasteiger partial charge in [-0.3, -0.25) is 0 Å². The SMILES string of the molecule is CO[C@H]1CCCO[C@H]1C[Se]c1ccccc1. The van der Waals surface area contributed by atoms with Gasteiger partial charge in [0, 0.05) is 0 Å². The molecular formula is C13H18O2Se. The summed E-state index contributed by atoms with van der Waals surface area (Å²) in [6.45, 7) is 0.898. The van der Waals surface area contributed by atoms with Gasteiger partial charge in [0.25, 0.3) is 0 Å². The van der Waals surface area contributed by atoms with Gasteiger partial charge in [-0.05, 0) is 0 Å². The molecule has 1 aliphatic rings. The molecule has 0 aliphatic carbocycles. The molecular weight excluding hydrogens is 267 g/mol. The van der Waals surface area contributed by atoms with Gasteiger partial charge in [0.1, 0.15) is 0 Å². The Labute approximate surface area is 103 Å². The van der Waals surface area contributed by atoms with E-state index in [1.165, 1.54) is 4.46 Å². The summed E-state index contributed by atoms with van der Waals surface area (Å²) in [5, 5.41) is 1.12. The van der Waals surface area contributed by atoms with Crippen molar-refractivity contribution in [1.82, 2.24) is 0 Å². The van der Waals surface area contributed by atoms with Crippen LogP contribution in [0.3, 0.4) is 0 Å². The number of benzene rings is 1. The molecule has 0 amide bonds. The first-order valence-corrected chi connectivity index (χ1v) is 7.79. The topological polar surface area (TPSA) is 18.5 Å². The van der Waals surface area contributed by atoms with Gasteiger partial charge in [0.15, 0.2) is 0 Å². The van der Waals surface area contributed by atoms with Crippen LogP contribution in [0.2, 0.25) is 5.32 Å². The van der Waals surface area contributed by atoms with Crippen LogP contribution < -0.4 is 4.46 Å². The zero-order valence-electron chi connectivity index (χ0n) is 9.59. The molecule has 0 saturated carbocycles. The third-order valence-electron chi connectivity index (χ3n) is 2.84. The zero-order valence-corrected chi connectivity index (χ0v) is 11.3. The van der Waals surface area contributed by atoms with Gasteiger partial charge >= 0.3 is 103 Å². The maximum absolute atomic E-state index is 5.79. The molecule has 0 spiro atoms. The van der Waals surface area contributed by atoms with Gasteiger partial charge in [-0.15, -0.1) is 0 Å². The molecule has 0 aromatic heterocycles. The van der Waals surface area contributed by atoms with E-state index in [1.54, 1.807) is 7.11 Å². The second-order valence-electron chi connectivity index (χ2n) is 3.95. The number of hydrogen-bond acceptors (Lipinski definition) is 2. The molecule has 88 valence electrons. The molecule has 1 aromatic rings. The van der Waals surface area contributed by atoms with Crippen LogP contribution in [0.25, 0.3) is 0 Å². The van der Waals surface area contributed by atoms with E-state index in [-0.39, 0.29) is 0 Å². The fourth-order valence-electron chi connectivity index (χ4n) is 1.93. The van der Waals surface area contributed by atoms with Crippen molar-refractivity contribution < 1.29 is 9.47 Å². The number of rotatable bonds is 4. The van der Waals surface area contributed by atoms with E-state index >= 15 is 0 Å². The summed E-state index contributed by atoms with van der Waals surface area (Å²) in [5.74, 6) is 0. The Kier molecular flexibility index (Phi) is 4.86. The van der Waals surface area contributed by atoms with E-state index in [9.17, 15) is 0 Å². The molecule has 2 atom stereocenters. The molecule has 2 rings (SSSR count). The van der Waals surface area contributed by atoms with Crippen LogP contribution in [0.5, 0.6) is 0 Å². The second-order valence-corrected chi connectivity index (χ2v) is 6.24. The summed E-state index contributed by atoms with van der Waals surface area (Å²) in [6.07, 6.45) is 2.89. The van der Waals surface area contributed by atoms with Crippen LogP contribution >= 0.6 is 0 Å². The van der Waals surface area contributed by atoms with E-state index < -0.39 is 0 Å². The van der Waals surface area contributed by atoms with Crippen LogP contribution in [0.15, 0.2) is 30.3 Å². The van der Waals surface area contributed by atoms with Crippen molar-refractivity contribution >= 4 is 19.4 Å². The first-order valence-electron chi connectivity index (χ1n) is 5.72. The Balaban J connectivity index is 1.84. The average Bonchev–Trinajstić information content (AvgIpc) is 2.38. The molecule has 0 radical (unpaired) electrons. The van der Waals surface area contributed by atoms with Crippen molar-refractivity contribution in [3.05, 3.63) is 30.3 Å². The minimum atomic E-state index is 0.305. The predicted molar refractivity (Wildman–Crippen MR) is 66.4 cm³/mol. The normalized spacial score (nSPS) is 25.6. The fourth-order valence-corrected chi connectivity index (χ4v) is 4.07. The van der Waals surface area contributed by atoms with Crippen LogP contribution in [-0.4, -0.2) is 40.9 Å². The van der Waals surface area contributed by atoms with Crippen molar-refractivity contribution in [3.63, 3.8) is 0 Å². The molecule has 1 fully saturated rings. The summed E-state index contributed by atoms with van der Waals surface area (Å²) in [4.78, 5) is 0. The summed E-state index contributed by atoms with van der Waals surface area (Å²) < 4.78 is 12.7. The Hall–Kier alpha value is -0.341. The van der Waals surface area contributed by atoms with Gasteiger partial charge < -0.3 is 0 Å². The summed E-state index contributed by atoms with van der Waals surface area (Å²) in [6, 6.07) is 10.7. The predicted octanol–water partition coefficient (Wildman–Crippen LogP) is 1.63. The number of ether oxygens (including phenoxy) is 2. The summed E-state index contributed by atoms with van der Waals surface area (Å²) in [5.41, 5.74) is 0. The van der Waals surface area contributed by atoms with E-state index in [1.807, 2.05) is 0 Å². The molecule has 0 bridgehead atoms. The maximum atomic E-state index is 5.79. The molecule has 0 N–H and O–H groups in total. The quantitative estimate of drug-likeness (QED) is 0.783. The molecule has 1 aromatic carbocycles. The van der Waals surface area contributed by atoms with Crippen LogP contribution in [0.4, 0.5) is 0 Å². The average molecular weight is 285 g/mol. The zero-order chi connectivity index (χ0) is 11.2. The van der Waals surface area contributed by atoms with Crippen molar-refractivity contribution in [2.45, 2.75) is 30.4 Å². The Morgan fingerprint density at radius 1 is 1.38 bits per heavy atom. The van der Waals surface area contributed by atoms with E-state index in [2.05, 4.69) is 30.3 Å². The van der Waals surface area contributed by atoms with Crippen LogP contribution in [0, 0.1) is 0 Å². The Bertz CT molecular complexity index is 302. The molecule has 2 nitrogen and oxygen atoms in total. The first-order chi connectivity index (χ1) is 7.90. The van der Waals surface area contributed by atoms with Gasteiger partial charge in [0.05, 0.1) is 0 Å². The minimum absolute atomic E-state index is 0.305. The molecule has 16 heavy (non-hydrogen) atoms. The first kappa shape index (κ1) is 12.1. The van der Waals surface area contributed by atoms with Crippen molar-refractivity contribution in [1.29, 1.82) is 0 Å². The van der Waals surface area contributed by atoms with Crippen molar-refractivity contribution in [2.75, 3.05) is 13.7 Å². The fraction of sp³-hybridized carbons (Fsp3) is 0.538. The van der Waals surface area contributed by atoms with Gasteiger partial charge in [-0.2, -0.15) is 0 Å². The second kappa shape index (κ2) is 6.41. The third kappa shape index (κ3) is 3.32. The molecule has 1 saturated heterocycles. The molecule has 1 aliphatic heterocycles. The van der Waals surface area contributed by atoms with Crippen LogP contribution in [-0.2, 0) is 9.47 Å². The Morgan fingerprint density at radius 2 is 2.19 bits per heavy atom. The van der Waals surface area contributed by atoms with Crippen molar-refractivity contribution in [2.24, 2.45) is 0 Å². The van der Waals surface area contributed by atoms with E-state index in [0.29, 0.717) is 27.2 Å². The number of methoxy groups -OCH3 is 1. The number of hydrogen-bond donors (Lipinski definition) is 0. The van der Waals surface area contributed by atoms with Gasteiger partial charge in [0.2, 0.25) is 0 Å². The molecule has 3 heteroatoms. The summed E-state index contributed by atoms with van der Waals surface area (Å²) in [7, 11) is 1.79. The monoisotopic (exact) mass is 286 g/mol. The van der Waals surface area contributed by atoms with Gasteiger partial charge in [-0.25, -0.2) is 0 Å². The Morgan fingerprint density at radius 3 is 2.94 bits per heavy atom. The standard InChI is InChI=1S/C13H18O2Se/c1-14-12-8-5-9-15-13(12)10-16-11-6-3-2-4-7-11/h2-4,6-7,12-13H,5,8-10H2,1H3/t12-,13-/m0/s1. The van der Waals surface area contributed by atoms with Gasteiger partial charge in [-0.1, -0.05) is 0 Å². The molecule has 1 heterocycles. The summed E-state index contributed by atoms with van der Waals surface area (Å²) >= 11 is 0.500. The van der Waals surface area contributed by atoms with E-state index in [0.717, 1.165) is 24.8 Å².